The number of aromatic amines is 1. The summed E-state index contributed by atoms with van der Waals surface area (Å²) in [6, 6.07) is 12.4. The summed E-state index contributed by atoms with van der Waals surface area (Å²) in [4.78, 5) is 28.6. The van der Waals surface area contributed by atoms with Crippen LogP contribution in [-0.4, -0.2) is 22.6 Å². The van der Waals surface area contributed by atoms with Crippen molar-refractivity contribution < 1.29 is 9.53 Å². The highest BCUT2D eigenvalue weighted by atomic mass is 32.1. The zero-order valence-electron chi connectivity index (χ0n) is 17.3. The predicted molar refractivity (Wildman–Crippen MR) is 122 cm³/mol. The van der Waals surface area contributed by atoms with Crippen LogP contribution in [0.2, 0.25) is 0 Å². The van der Waals surface area contributed by atoms with Gasteiger partial charge >= 0.3 is 0 Å². The number of allylic oxidation sites excluding steroid dienone is 1. The number of carbonyl (C=O) groups excluding carboxylic acids is 1. The first-order valence-electron chi connectivity index (χ1n) is 9.68. The topological polar surface area (TPSA) is 76.1 Å². The molecule has 1 amide bonds. The lowest BCUT2D eigenvalue weighted by molar-refractivity contribution is 0.0925. The van der Waals surface area contributed by atoms with E-state index in [0.29, 0.717) is 27.8 Å². The van der Waals surface area contributed by atoms with Crippen molar-refractivity contribution in [2.75, 3.05) is 7.11 Å². The van der Waals surface area contributed by atoms with Crippen molar-refractivity contribution in [1.29, 1.82) is 0 Å². The van der Waals surface area contributed by atoms with Gasteiger partial charge in [-0.05, 0) is 54.0 Å². The molecule has 1 aromatic heterocycles. The van der Waals surface area contributed by atoms with Crippen LogP contribution in [0.25, 0.3) is 10.9 Å². The molecule has 2 N–H and O–H groups in total. The van der Waals surface area contributed by atoms with Crippen LogP contribution in [0.5, 0.6) is 5.75 Å². The highest BCUT2D eigenvalue weighted by Crippen LogP contribution is 2.24. The molecule has 0 spiro atoms. The van der Waals surface area contributed by atoms with E-state index in [1.54, 1.807) is 31.4 Å². The molecule has 0 radical (unpaired) electrons. The number of nitrogens with one attached hydrogen (secondary N) is 2. The Morgan fingerprint density at radius 2 is 1.97 bits per heavy atom. The monoisotopic (exact) mass is 423 g/mol. The summed E-state index contributed by atoms with van der Waals surface area (Å²) in [7, 11) is 1.62. The lowest BCUT2D eigenvalue weighted by atomic mass is 9.95. The van der Waals surface area contributed by atoms with Crippen molar-refractivity contribution in [3.63, 3.8) is 0 Å². The average Bonchev–Trinajstić information content (AvgIpc) is 2.74. The lowest BCUT2D eigenvalue weighted by Gasteiger charge is -2.23. The second-order valence-electron chi connectivity index (χ2n) is 7.36. The molecule has 0 aliphatic carbocycles. The van der Waals surface area contributed by atoms with Crippen LogP contribution in [-0.2, 0) is 6.54 Å². The van der Waals surface area contributed by atoms with E-state index >= 15 is 0 Å². The molecule has 0 fully saturated rings. The third kappa shape index (κ3) is 4.36. The first-order chi connectivity index (χ1) is 14.3. The molecule has 156 valence electrons. The number of benzene rings is 2. The quantitative estimate of drug-likeness (QED) is 0.437. The van der Waals surface area contributed by atoms with Gasteiger partial charge < -0.3 is 15.0 Å². The number of aromatic nitrogens is 2. The number of rotatable bonds is 7. The Labute approximate surface area is 180 Å². The summed E-state index contributed by atoms with van der Waals surface area (Å²) in [5.41, 5.74) is 1.77. The zero-order valence-corrected chi connectivity index (χ0v) is 18.1. The highest BCUT2D eigenvalue weighted by molar-refractivity contribution is 7.71. The molecule has 1 unspecified atom stereocenters. The molecule has 0 bridgehead atoms. The van der Waals surface area contributed by atoms with Crippen LogP contribution in [0.4, 0.5) is 0 Å². The Morgan fingerprint density at radius 1 is 1.27 bits per heavy atom. The molecule has 0 saturated heterocycles. The van der Waals surface area contributed by atoms with E-state index in [2.05, 4.69) is 30.7 Å². The van der Waals surface area contributed by atoms with Crippen molar-refractivity contribution in [2.24, 2.45) is 5.92 Å². The molecular formula is C23H25N3O3S. The van der Waals surface area contributed by atoms with E-state index in [1.807, 2.05) is 24.3 Å². The van der Waals surface area contributed by atoms with Crippen LogP contribution >= 0.6 is 12.2 Å². The number of nitrogens with zero attached hydrogens (tertiary/aromatic N) is 1. The highest BCUT2D eigenvalue weighted by Gasteiger charge is 2.20. The number of hydrogen-bond donors (Lipinski definition) is 2. The maximum atomic E-state index is 13.0. The van der Waals surface area contributed by atoms with Crippen molar-refractivity contribution in [1.82, 2.24) is 14.9 Å². The standard InChI is InChI=1S/C23H25N3O3S/c1-5-12-26-22(28)18-11-8-16(13-19(18)24-23(26)30)21(27)25-20(14(2)3)15-6-9-17(29-4)10-7-15/h5-11,13-14,20H,1,12H2,2-4H3,(H,24,30)(H,25,27). The van der Waals surface area contributed by atoms with E-state index in [9.17, 15) is 9.59 Å². The first-order valence-corrected chi connectivity index (χ1v) is 10.1. The summed E-state index contributed by atoms with van der Waals surface area (Å²) >= 11 is 5.28. The Kier molecular flexibility index (Phi) is 6.52. The van der Waals surface area contributed by atoms with Gasteiger partial charge in [0.15, 0.2) is 4.77 Å². The molecular weight excluding hydrogens is 398 g/mol. The van der Waals surface area contributed by atoms with E-state index in [0.717, 1.165) is 11.3 Å². The van der Waals surface area contributed by atoms with Gasteiger partial charge in [-0.3, -0.25) is 14.2 Å². The molecule has 1 atom stereocenters. The SMILES string of the molecule is C=CCn1c(=S)[nH]c2cc(C(=O)NC(c3ccc(OC)cc3)C(C)C)ccc2c1=O. The molecule has 0 aliphatic rings. The minimum absolute atomic E-state index is 0.168. The fraction of sp³-hybridized carbons (Fsp3) is 0.261. The summed E-state index contributed by atoms with van der Waals surface area (Å²) < 4.78 is 6.94. The number of methoxy groups -OCH3 is 1. The summed E-state index contributed by atoms with van der Waals surface area (Å²) in [6.07, 6.45) is 1.61. The molecule has 0 aliphatic heterocycles. The number of ether oxygens (including phenoxy) is 1. The molecule has 3 rings (SSSR count). The molecule has 30 heavy (non-hydrogen) atoms. The summed E-state index contributed by atoms with van der Waals surface area (Å²) in [5, 5.41) is 3.57. The molecule has 2 aromatic carbocycles. The molecule has 3 aromatic rings. The Balaban J connectivity index is 1.92. The van der Waals surface area contributed by atoms with Crippen LogP contribution < -0.4 is 15.6 Å². The number of hydrogen-bond acceptors (Lipinski definition) is 4. The minimum atomic E-state index is -0.221. The van der Waals surface area contributed by atoms with E-state index in [1.165, 1.54) is 4.57 Å². The van der Waals surface area contributed by atoms with Gasteiger partial charge in [0.05, 0.1) is 24.1 Å². The third-order valence-corrected chi connectivity index (χ3v) is 5.31. The van der Waals surface area contributed by atoms with Crippen LogP contribution in [0.3, 0.4) is 0 Å². The van der Waals surface area contributed by atoms with Gasteiger partial charge in [-0.15, -0.1) is 6.58 Å². The molecule has 1 heterocycles. The van der Waals surface area contributed by atoms with E-state index < -0.39 is 0 Å². The number of amides is 1. The molecule has 0 saturated carbocycles. The van der Waals surface area contributed by atoms with Crippen LogP contribution in [0.15, 0.2) is 59.9 Å². The number of carbonyl (C=O) groups is 1. The third-order valence-electron chi connectivity index (χ3n) is 4.98. The maximum absolute atomic E-state index is 13.0. The normalized spacial score (nSPS) is 12.0. The Bertz CT molecular complexity index is 1190. The van der Waals surface area contributed by atoms with Crippen molar-refractivity contribution in [3.05, 3.63) is 81.4 Å². The Hall–Kier alpha value is -3.19. The second-order valence-corrected chi connectivity index (χ2v) is 7.75. The van der Waals surface area contributed by atoms with E-state index in [4.69, 9.17) is 17.0 Å². The molecule has 6 nitrogen and oxygen atoms in total. The van der Waals surface area contributed by atoms with Gasteiger partial charge in [-0.25, -0.2) is 0 Å². The van der Waals surface area contributed by atoms with Gasteiger partial charge in [0.2, 0.25) is 0 Å². The van der Waals surface area contributed by atoms with Gasteiger partial charge in [-0.2, -0.15) is 0 Å². The fourth-order valence-electron chi connectivity index (χ4n) is 3.36. The molecule has 7 heteroatoms. The van der Waals surface area contributed by atoms with Gasteiger partial charge in [0.25, 0.3) is 11.5 Å². The predicted octanol–water partition coefficient (Wildman–Crippen LogP) is 4.38. The van der Waals surface area contributed by atoms with Crippen molar-refractivity contribution in [3.8, 4) is 5.75 Å². The van der Waals surface area contributed by atoms with E-state index in [-0.39, 0.29) is 23.4 Å². The summed E-state index contributed by atoms with van der Waals surface area (Å²) in [5.74, 6) is 0.722. The largest absolute Gasteiger partial charge is 0.497 e. The first kappa shape index (κ1) is 21.5. The Morgan fingerprint density at radius 3 is 2.57 bits per heavy atom. The van der Waals surface area contributed by atoms with Gasteiger partial charge in [0, 0.05) is 12.1 Å². The summed E-state index contributed by atoms with van der Waals surface area (Å²) in [6.45, 7) is 8.08. The minimum Gasteiger partial charge on any atom is -0.497 e. The number of fused-ring (bicyclic) bond motifs is 1. The van der Waals surface area contributed by atoms with Crippen molar-refractivity contribution in [2.45, 2.75) is 26.4 Å². The maximum Gasteiger partial charge on any atom is 0.262 e. The van der Waals surface area contributed by atoms with Crippen LogP contribution in [0.1, 0.15) is 35.8 Å². The average molecular weight is 424 g/mol. The van der Waals surface area contributed by atoms with Crippen LogP contribution in [0, 0.1) is 10.7 Å². The van der Waals surface area contributed by atoms with Gasteiger partial charge in [-0.1, -0.05) is 32.1 Å². The number of H-pyrrole nitrogens is 1. The van der Waals surface area contributed by atoms with Gasteiger partial charge in [0.1, 0.15) is 5.75 Å². The lowest BCUT2D eigenvalue weighted by Crippen LogP contribution is -2.31. The zero-order chi connectivity index (χ0) is 21.8. The smallest absolute Gasteiger partial charge is 0.262 e. The second kappa shape index (κ2) is 9.09. The fourth-order valence-corrected chi connectivity index (χ4v) is 3.63. The van der Waals surface area contributed by atoms with Crippen molar-refractivity contribution >= 4 is 29.0 Å².